The van der Waals surface area contributed by atoms with E-state index in [-0.39, 0.29) is 63.2 Å². The van der Waals surface area contributed by atoms with Crippen LogP contribution in [0, 0.1) is 0 Å². The first-order valence-corrected chi connectivity index (χ1v) is 7.17. The zero-order chi connectivity index (χ0) is 16.3. The summed E-state index contributed by atoms with van der Waals surface area (Å²) in [6.45, 7) is 7.44. The van der Waals surface area contributed by atoms with Gasteiger partial charge in [-0.15, -0.1) is 0 Å². The molecule has 1 aromatic rings. The van der Waals surface area contributed by atoms with Crippen LogP contribution in [-0.2, 0) is 4.74 Å². The monoisotopic (exact) mass is 345 g/mol. The van der Waals surface area contributed by atoms with Gasteiger partial charge in [0.05, 0.1) is 11.7 Å². The van der Waals surface area contributed by atoms with Gasteiger partial charge in [0.1, 0.15) is 11.3 Å². The Morgan fingerprint density at radius 3 is 2.35 bits per heavy atom. The van der Waals surface area contributed by atoms with E-state index in [0.717, 1.165) is 0 Å². The largest absolute Gasteiger partial charge is 0.543 e. The standard InChI is InChI=1S/C15H21N3O4.K/c1-15(2,3)22-14(21)18-9-7-17(8-10-18)11-5-4-6-16-12(11)13(19)20;/h4-6H,7-10H2,1-3H3,(H,19,20);/p-1. The smallest absolute Gasteiger partial charge is 0.410 e. The Balaban J connectivity index is 0.00000264. The first kappa shape index (κ1) is 20.4. The Bertz CT molecular complexity index is 566. The van der Waals surface area contributed by atoms with Crippen molar-refractivity contribution in [1.82, 2.24) is 9.88 Å². The first-order valence-electron chi connectivity index (χ1n) is 7.17. The van der Waals surface area contributed by atoms with Crippen LogP contribution in [0.2, 0.25) is 0 Å². The third-order valence-electron chi connectivity index (χ3n) is 3.25. The van der Waals surface area contributed by atoms with Gasteiger partial charge in [0.25, 0.3) is 0 Å². The Morgan fingerprint density at radius 2 is 1.83 bits per heavy atom. The second-order valence-corrected chi connectivity index (χ2v) is 6.11. The Labute approximate surface area is 178 Å². The number of rotatable bonds is 2. The van der Waals surface area contributed by atoms with E-state index in [9.17, 15) is 14.7 Å². The number of hydrogen-bond acceptors (Lipinski definition) is 6. The fourth-order valence-corrected chi connectivity index (χ4v) is 2.27. The number of anilines is 1. The summed E-state index contributed by atoms with van der Waals surface area (Å²) in [5.41, 5.74) is -0.0840. The molecule has 0 N–H and O–H groups in total. The Hall–Kier alpha value is -0.674. The first-order chi connectivity index (χ1) is 10.3. The number of pyridine rings is 1. The summed E-state index contributed by atoms with van der Waals surface area (Å²) in [7, 11) is 0. The molecule has 1 aliphatic rings. The van der Waals surface area contributed by atoms with Crippen molar-refractivity contribution in [1.29, 1.82) is 0 Å². The number of piperazine rings is 1. The van der Waals surface area contributed by atoms with E-state index in [4.69, 9.17) is 4.74 Å². The van der Waals surface area contributed by atoms with E-state index in [1.54, 1.807) is 17.0 Å². The Kier molecular flexibility index (Phi) is 7.47. The predicted molar refractivity (Wildman–Crippen MR) is 84.3 cm³/mol. The maximum Gasteiger partial charge on any atom is 0.410 e. The zero-order valence-electron chi connectivity index (χ0n) is 14.0. The summed E-state index contributed by atoms with van der Waals surface area (Å²) in [6, 6.07) is 3.38. The van der Waals surface area contributed by atoms with Gasteiger partial charge in [0.15, 0.2) is 0 Å². The van der Waals surface area contributed by atoms with Gasteiger partial charge in [-0.1, -0.05) is 0 Å². The molecule has 1 aliphatic heterocycles. The molecule has 1 saturated heterocycles. The van der Waals surface area contributed by atoms with Crippen molar-refractivity contribution in [2.75, 3.05) is 31.1 Å². The van der Waals surface area contributed by atoms with Gasteiger partial charge >= 0.3 is 6.09 Å². The summed E-state index contributed by atoms with van der Waals surface area (Å²) >= 11 is 0. The number of amides is 1. The van der Waals surface area contributed by atoms with Crippen molar-refractivity contribution in [2.24, 2.45) is 0 Å². The van der Waals surface area contributed by atoms with Gasteiger partial charge in [-0.2, -0.15) is 0 Å². The van der Waals surface area contributed by atoms with Crippen molar-refractivity contribution in [3.63, 3.8) is 0 Å². The molecule has 0 unspecified atom stereocenters. The summed E-state index contributed by atoms with van der Waals surface area (Å²) in [6.07, 6.45) is 1.07. The summed E-state index contributed by atoms with van der Waals surface area (Å²) in [5, 5.41) is 11.1. The van der Waals surface area contributed by atoms with Gasteiger partial charge < -0.3 is 24.4 Å². The quantitative estimate of drug-likeness (QED) is 0.708. The second-order valence-electron chi connectivity index (χ2n) is 6.11. The number of carboxylic acid groups (broad SMARTS) is 1. The molecule has 0 atom stereocenters. The minimum absolute atomic E-state index is 0. The van der Waals surface area contributed by atoms with Crippen LogP contribution in [0.25, 0.3) is 0 Å². The number of ether oxygens (including phenoxy) is 1. The van der Waals surface area contributed by atoms with E-state index >= 15 is 0 Å². The Morgan fingerprint density at radius 1 is 1.22 bits per heavy atom. The average Bonchev–Trinajstić information content (AvgIpc) is 2.45. The van der Waals surface area contributed by atoms with E-state index < -0.39 is 11.6 Å². The van der Waals surface area contributed by atoms with Crippen LogP contribution in [0.1, 0.15) is 31.3 Å². The van der Waals surface area contributed by atoms with Gasteiger partial charge in [0, 0.05) is 83.8 Å². The summed E-state index contributed by atoms with van der Waals surface area (Å²) < 4.78 is 5.33. The molecular weight excluding hydrogens is 325 g/mol. The van der Waals surface area contributed by atoms with Crippen LogP contribution in [0.5, 0.6) is 0 Å². The van der Waals surface area contributed by atoms with E-state index in [2.05, 4.69) is 4.98 Å². The fourth-order valence-electron chi connectivity index (χ4n) is 2.27. The van der Waals surface area contributed by atoms with Gasteiger partial charge in [0.2, 0.25) is 0 Å². The molecule has 1 amide bonds. The van der Waals surface area contributed by atoms with Gasteiger partial charge in [-0.25, -0.2) is 4.79 Å². The predicted octanol–water partition coefficient (Wildman–Crippen LogP) is 0.121. The number of nitrogens with zero attached hydrogens (tertiary/aromatic N) is 3. The molecule has 8 heteroatoms. The molecule has 1 radical (unpaired) electrons. The minimum Gasteiger partial charge on any atom is -0.543 e. The molecule has 1 fully saturated rings. The number of aromatic nitrogens is 1. The summed E-state index contributed by atoms with van der Waals surface area (Å²) in [5.74, 6) is -1.30. The summed E-state index contributed by atoms with van der Waals surface area (Å²) in [4.78, 5) is 30.5. The van der Waals surface area contributed by atoms with E-state index in [1.165, 1.54) is 6.20 Å². The number of carbonyl (C=O) groups is 2. The third-order valence-corrected chi connectivity index (χ3v) is 3.25. The number of carboxylic acids is 1. The SMILES string of the molecule is CC(C)(C)OC(=O)N1CCN(c2cccnc2C(=O)[O-])CC1.[K]. The number of aromatic carboxylic acids is 1. The average molecular weight is 345 g/mol. The van der Waals surface area contributed by atoms with Crippen molar-refractivity contribution < 1.29 is 19.4 Å². The fraction of sp³-hybridized carbons (Fsp3) is 0.533. The molecule has 0 saturated carbocycles. The molecule has 2 rings (SSSR count). The normalized spacial score (nSPS) is 14.9. The second kappa shape index (κ2) is 8.43. The molecule has 0 spiro atoms. The van der Waals surface area contributed by atoms with Crippen LogP contribution >= 0.6 is 0 Å². The maximum absolute atomic E-state index is 12.0. The molecule has 121 valence electrons. The van der Waals surface area contributed by atoms with E-state index in [1.807, 2.05) is 25.7 Å². The molecule has 0 aromatic carbocycles. The van der Waals surface area contributed by atoms with Crippen molar-refractivity contribution >= 4 is 69.1 Å². The van der Waals surface area contributed by atoms with Crippen molar-refractivity contribution in [3.8, 4) is 0 Å². The molecule has 7 nitrogen and oxygen atoms in total. The maximum atomic E-state index is 12.0. The van der Waals surface area contributed by atoms with Crippen molar-refractivity contribution in [2.45, 2.75) is 26.4 Å². The van der Waals surface area contributed by atoms with E-state index in [0.29, 0.717) is 31.9 Å². The number of carbonyl (C=O) groups excluding carboxylic acids is 2. The van der Waals surface area contributed by atoms with Crippen LogP contribution in [0.3, 0.4) is 0 Å². The van der Waals surface area contributed by atoms with Crippen LogP contribution in [-0.4, -0.2) is 105 Å². The van der Waals surface area contributed by atoms with Crippen molar-refractivity contribution in [3.05, 3.63) is 24.0 Å². The minimum atomic E-state index is -1.30. The molecule has 0 bridgehead atoms. The molecular formula is C15H20KN3O4-. The van der Waals surface area contributed by atoms with Gasteiger partial charge in [-0.05, 0) is 32.9 Å². The number of hydrogen-bond donors (Lipinski definition) is 0. The molecule has 23 heavy (non-hydrogen) atoms. The van der Waals surface area contributed by atoms with Crippen LogP contribution < -0.4 is 10.0 Å². The van der Waals surface area contributed by atoms with Gasteiger partial charge in [-0.3, -0.25) is 4.98 Å². The zero-order valence-corrected chi connectivity index (χ0v) is 17.2. The molecule has 2 heterocycles. The topological polar surface area (TPSA) is 85.8 Å². The van der Waals surface area contributed by atoms with Crippen LogP contribution in [0.15, 0.2) is 18.3 Å². The van der Waals surface area contributed by atoms with Crippen LogP contribution in [0.4, 0.5) is 10.5 Å². The third kappa shape index (κ3) is 5.72. The molecule has 0 aliphatic carbocycles. The molecule has 1 aromatic heterocycles.